The summed E-state index contributed by atoms with van der Waals surface area (Å²) in [5.74, 6) is 0.556. The van der Waals surface area contributed by atoms with Gasteiger partial charge in [-0.15, -0.1) is 0 Å². The van der Waals surface area contributed by atoms with Crippen molar-refractivity contribution in [2.75, 3.05) is 18.6 Å². The van der Waals surface area contributed by atoms with Gasteiger partial charge in [0.05, 0.1) is 5.60 Å². The minimum absolute atomic E-state index is 0.0119. The fourth-order valence-corrected chi connectivity index (χ4v) is 3.43. The molecule has 1 unspecified atom stereocenters. The van der Waals surface area contributed by atoms with Crippen molar-refractivity contribution in [2.24, 2.45) is 0 Å². The molecule has 0 heterocycles. The smallest absolute Gasteiger partial charge is 0.221 e. The number of nitrogens with one attached hydrogen (secondary N) is 1. The van der Waals surface area contributed by atoms with Crippen molar-refractivity contribution in [3.63, 3.8) is 0 Å². The zero-order valence-electron chi connectivity index (χ0n) is 14.2. The molecule has 0 saturated heterocycles. The quantitative estimate of drug-likeness (QED) is 0.772. The Morgan fingerprint density at radius 1 is 1.08 bits per heavy atom. The summed E-state index contributed by atoms with van der Waals surface area (Å²) in [5, 5.41) is 13.1. The lowest BCUT2D eigenvalue weighted by Crippen LogP contribution is -2.42. The van der Waals surface area contributed by atoms with Gasteiger partial charge in [-0.1, -0.05) is 60.7 Å². The molecule has 4 heteroatoms. The standard InChI is InChI=1S/C20H25NO2S/c1-20(23,15-24-2)14-21-19(22)13-18(16-9-5-3-6-10-16)17-11-7-4-8-12-17/h3-12,18,23H,13-15H2,1-2H3,(H,21,22). The van der Waals surface area contributed by atoms with Gasteiger partial charge in [0.1, 0.15) is 0 Å². The van der Waals surface area contributed by atoms with Crippen molar-refractivity contribution in [1.29, 1.82) is 0 Å². The molecule has 2 rings (SSSR count). The van der Waals surface area contributed by atoms with Crippen LogP contribution in [0.2, 0.25) is 0 Å². The number of amides is 1. The van der Waals surface area contributed by atoms with E-state index in [9.17, 15) is 9.90 Å². The molecule has 0 fully saturated rings. The second-order valence-corrected chi connectivity index (χ2v) is 7.15. The van der Waals surface area contributed by atoms with Crippen LogP contribution in [0, 0.1) is 0 Å². The van der Waals surface area contributed by atoms with Gasteiger partial charge in [-0.3, -0.25) is 4.79 Å². The monoisotopic (exact) mass is 343 g/mol. The van der Waals surface area contributed by atoms with Crippen LogP contribution in [0.4, 0.5) is 0 Å². The highest BCUT2D eigenvalue weighted by atomic mass is 32.2. The molecule has 0 aliphatic carbocycles. The molecular formula is C20H25NO2S. The zero-order chi connectivity index (χ0) is 17.4. The third-order valence-corrected chi connectivity index (χ3v) is 4.83. The van der Waals surface area contributed by atoms with Gasteiger partial charge in [-0.05, 0) is 24.3 Å². The molecule has 1 atom stereocenters. The number of carbonyl (C=O) groups is 1. The summed E-state index contributed by atoms with van der Waals surface area (Å²) in [6.07, 6.45) is 2.31. The second-order valence-electron chi connectivity index (χ2n) is 6.28. The molecule has 128 valence electrons. The molecule has 0 spiro atoms. The summed E-state index contributed by atoms with van der Waals surface area (Å²) in [6.45, 7) is 2.01. The van der Waals surface area contributed by atoms with Gasteiger partial charge in [-0.25, -0.2) is 0 Å². The Morgan fingerprint density at radius 2 is 1.58 bits per heavy atom. The lowest BCUT2D eigenvalue weighted by Gasteiger charge is -2.24. The number of benzene rings is 2. The molecule has 2 aromatic rings. The Balaban J connectivity index is 2.08. The number of thioether (sulfide) groups is 1. The van der Waals surface area contributed by atoms with Crippen LogP contribution in [0.3, 0.4) is 0 Å². The summed E-state index contributed by atoms with van der Waals surface area (Å²) in [4.78, 5) is 12.4. The number of aliphatic hydroxyl groups is 1. The third kappa shape index (κ3) is 5.69. The molecule has 1 amide bonds. The average molecular weight is 343 g/mol. The first kappa shape index (κ1) is 18.6. The van der Waals surface area contributed by atoms with Gasteiger partial charge < -0.3 is 10.4 Å². The lowest BCUT2D eigenvalue weighted by molar-refractivity contribution is -0.122. The normalized spacial score (nSPS) is 13.5. The van der Waals surface area contributed by atoms with Crippen molar-refractivity contribution in [1.82, 2.24) is 5.32 Å². The third-order valence-electron chi connectivity index (χ3n) is 3.92. The van der Waals surface area contributed by atoms with E-state index in [2.05, 4.69) is 29.6 Å². The van der Waals surface area contributed by atoms with Gasteiger partial charge in [0.15, 0.2) is 0 Å². The van der Waals surface area contributed by atoms with Crippen LogP contribution < -0.4 is 5.32 Å². The maximum Gasteiger partial charge on any atom is 0.221 e. The largest absolute Gasteiger partial charge is 0.387 e. The predicted octanol–water partition coefficient (Wildman–Crippen LogP) is 3.44. The predicted molar refractivity (Wildman–Crippen MR) is 101 cm³/mol. The first-order valence-corrected chi connectivity index (χ1v) is 9.49. The van der Waals surface area contributed by atoms with Crippen molar-refractivity contribution < 1.29 is 9.90 Å². The Labute approximate surface area is 148 Å². The second kappa shape index (κ2) is 8.90. The first-order valence-electron chi connectivity index (χ1n) is 8.10. The van der Waals surface area contributed by atoms with E-state index < -0.39 is 5.60 Å². The number of hydrogen-bond acceptors (Lipinski definition) is 3. The SMILES string of the molecule is CSCC(C)(O)CNC(=O)CC(c1ccccc1)c1ccccc1. The Hall–Kier alpha value is -1.78. The van der Waals surface area contributed by atoms with Gasteiger partial charge >= 0.3 is 0 Å². The van der Waals surface area contributed by atoms with E-state index in [-0.39, 0.29) is 18.4 Å². The van der Waals surface area contributed by atoms with Crippen LogP contribution in [0.5, 0.6) is 0 Å². The average Bonchev–Trinajstić information content (AvgIpc) is 2.59. The van der Waals surface area contributed by atoms with E-state index in [4.69, 9.17) is 0 Å². The highest BCUT2D eigenvalue weighted by Gasteiger charge is 2.22. The van der Waals surface area contributed by atoms with Crippen molar-refractivity contribution >= 4 is 17.7 Å². The van der Waals surface area contributed by atoms with Crippen LogP contribution in [-0.4, -0.2) is 35.2 Å². The molecule has 0 aromatic heterocycles. The number of carbonyl (C=O) groups excluding carboxylic acids is 1. The fourth-order valence-electron chi connectivity index (χ4n) is 2.71. The van der Waals surface area contributed by atoms with Crippen LogP contribution in [0.1, 0.15) is 30.4 Å². The topological polar surface area (TPSA) is 49.3 Å². The highest BCUT2D eigenvalue weighted by molar-refractivity contribution is 7.98. The molecule has 2 aromatic carbocycles. The van der Waals surface area contributed by atoms with Crippen LogP contribution >= 0.6 is 11.8 Å². The first-order chi connectivity index (χ1) is 11.5. The van der Waals surface area contributed by atoms with E-state index in [1.54, 1.807) is 18.7 Å². The van der Waals surface area contributed by atoms with Crippen LogP contribution in [0.25, 0.3) is 0 Å². The van der Waals surface area contributed by atoms with E-state index in [0.29, 0.717) is 12.2 Å². The van der Waals surface area contributed by atoms with E-state index in [1.807, 2.05) is 42.7 Å². The fraction of sp³-hybridized carbons (Fsp3) is 0.350. The molecular weight excluding hydrogens is 318 g/mol. The summed E-state index contributed by atoms with van der Waals surface area (Å²) < 4.78 is 0. The molecule has 0 saturated carbocycles. The summed E-state index contributed by atoms with van der Waals surface area (Å²) in [6, 6.07) is 20.1. The summed E-state index contributed by atoms with van der Waals surface area (Å²) in [7, 11) is 0. The Kier molecular flexibility index (Phi) is 6.88. The van der Waals surface area contributed by atoms with E-state index in [1.165, 1.54) is 0 Å². The van der Waals surface area contributed by atoms with Gasteiger partial charge in [0.25, 0.3) is 0 Å². The van der Waals surface area contributed by atoms with Gasteiger partial charge in [0, 0.05) is 24.6 Å². The molecule has 0 aliphatic rings. The lowest BCUT2D eigenvalue weighted by atomic mass is 9.88. The van der Waals surface area contributed by atoms with E-state index in [0.717, 1.165) is 11.1 Å². The highest BCUT2D eigenvalue weighted by Crippen LogP contribution is 2.27. The summed E-state index contributed by atoms with van der Waals surface area (Å²) in [5.41, 5.74) is 1.36. The maximum atomic E-state index is 12.4. The maximum absolute atomic E-state index is 12.4. The molecule has 0 radical (unpaired) electrons. The molecule has 3 nitrogen and oxygen atoms in total. The summed E-state index contributed by atoms with van der Waals surface area (Å²) >= 11 is 1.57. The number of rotatable bonds is 8. The Bertz CT molecular complexity index is 589. The van der Waals surface area contributed by atoms with Crippen LogP contribution in [-0.2, 0) is 4.79 Å². The molecule has 0 aliphatic heterocycles. The van der Waals surface area contributed by atoms with Crippen molar-refractivity contribution in [3.05, 3.63) is 71.8 Å². The minimum Gasteiger partial charge on any atom is -0.387 e. The molecule has 0 bridgehead atoms. The van der Waals surface area contributed by atoms with Gasteiger partial charge in [-0.2, -0.15) is 11.8 Å². The molecule has 24 heavy (non-hydrogen) atoms. The number of hydrogen-bond donors (Lipinski definition) is 2. The molecule has 2 N–H and O–H groups in total. The van der Waals surface area contributed by atoms with Gasteiger partial charge in [0.2, 0.25) is 5.91 Å². The van der Waals surface area contributed by atoms with Crippen molar-refractivity contribution in [2.45, 2.75) is 24.9 Å². The van der Waals surface area contributed by atoms with E-state index >= 15 is 0 Å². The zero-order valence-corrected chi connectivity index (χ0v) is 15.1. The minimum atomic E-state index is -0.885. The van der Waals surface area contributed by atoms with Crippen molar-refractivity contribution in [3.8, 4) is 0 Å². The van der Waals surface area contributed by atoms with Crippen LogP contribution in [0.15, 0.2) is 60.7 Å². The Morgan fingerprint density at radius 3 is 2.04 bits per heavy atom.